The van der Waals surface area contributed by atoms with Gasteiger partial charge in [0.05, 0.1) is 27.4 Å². The molecule has 2 aliphatic carbocycles. The van der Waals surface area contributed by atoms with Crippen LogP contribution in [0.25, 0.3) is 6.08 Å². The molecule has 27 heavy (non-hydrogen) atoms. The van der Waals surface area contributed by atoms with Crippen molar-refractivity contribution in [1.82, 2.24) is 4.98 Å². The molecule has 5 nitrogen and oxygen atoms in total. The SMILES string of the molecule is O=C1[C@@H]2[C@@H](C(=O)N1c1ccc(F)cc1)[C@H]1C[C@H]2C2=Cc3sc(=O)[nH]c3S[C@H]21. The number of carbonyl (C=O) groups excluding carboxylic acids is 2. The highest BCUT2D eigenvalue weighted by atomic mass is 32.2. The highest BCUT2D eigenvalue weighted by molar-refractivity contribution is 8.00. The van der Waals surface area contributed by atoms with Crippen LogP contribution in [0.5, 0.6) is 0 Å². The van der Waals surface area contributed by atoms with E-state index in [1.807, 2.05) is 0 Å². The summed E-state index contributed by atoms with van der Waals surface area (Å²) in [5.74, 6) is -1.28. The molecule has 8 heteroatoms. The Labute approximate surface area is 161 Å². The van der Waals surface area contributed by atoms with E-state index in [1.165, 1.54) is 46.1 Å². The second-order valence-electron chi connectivity index (χ2n) is 7.44. The van der Waals surface area contributed by atoms with Crippen LogP contribution >= 0.6 is 23.1 Å². The minimum atomic E-state index is -0.397. The Bertz CT molecular complexity index is 1100. The lowest BCUT2D eigenvalue weighted by Crippen LogP contribution is -2.34. The maximum Gasteiger partial charge on any atom is 0.305 e. The van der Waals surface area contributed by atoms with E-state index in [-0.39, 0.29) is 45.6 Å². The van der Waals surface area contributed by atoms with E-state index in [9.17, 15) is 18.8 Å². The van der Waals surface area contributed by atoms with Gasteiger partial charge in [0.2, 0.25) is 11.8 Å². The maximum absolute atomic E-state index is 13.2. The number of rotatable bonds is 1. The molecule has 2 amide bonds. The number of amides is 2. The molecule has 5 atom stereocenters. The van der Waals surface area contributed by atoms with Gasteiger partial charge >= 0.3 is 4.87 Å². The van der Waals surface area contributed by atoms with Gasteiger partial charge in [0.25, 0.3) is 0 Å². The van der Waals surface area contributed by atoms with Gasteiger partial charge in [-0.25, -0.2) is 4.39 Å². The van der Waals surface area contributed by atoms with Gasteiger partial charge in [0.15, 0.2) is 0 Å². The van der Waals surface area contributed by atoms with Gasteiger partial charge in [-0.15, -0.1) is 0 Å². The minimum Gasteiger partial charge on any atom is -0.307 e. The van der Waals surface area contributed by atoms with E-state index in [2.05, 4.69) is 11.1 Å². The molecular weight excluding hydrogens is 387 g/mol. The third-order valence-corrected chi connectivity index (χ3v) is 8.63. The number of carbonyl (C=O) groups is 2. The fraction of sp³-hybridized carbons (Fsp3) is 0.316. The van der Waals surface area contributed by atoms with E-state index < -0.39 is 5.82 Å². The first-order valence-electron chi connectivity index (χ1n) is 8.77. The highest BCUT2D eigenvalue weighted by Crippen LogP contribution is 2.64. The van der Waals surface area contributed by atoms with Crippen molar-refractivity contribution in [2.45, 2.75) is 16.7 Å². The smallest absolute Gasteiger partial charge is 0.305 e. The number of benzene rings is 1. The predicted molar refractivity (Wildman–Crippen MR) is 100 cm³/mol. The number of aromatic amines is 1. The molecule has 3 fully saturated rings. The number of fused-ring (bicyclic) bond motifs is 9. The molecule has 6 rings (SSSR count). The quantitative estimate of drug-likeness (QED) is 0.748. The van der Waals surface area contributed by atoms with Crippen LogP contribution in [0.15, 0.2) is 39.7 Å². The Kier molecular flexibility index (Phi) is 3.05. The lowest BCUT2D eigenvalue weighted by molar-refractivity contribution is -0.123. The van der Waals surface area contributed by atoms with Crippen LogP contribution in [0, 0.1) is 29.5 Å². The number of hydrogen-bond acceptors (Lipinski definition) is 5. The summed E-state index contributed by atoms with van der Waals surface area (Å²) >= 11 is 2.80. The van der Waals surface area contributed by atoms with Crippen molar-refractivity contribution in [1.29, 1.82) is 0 Å². The standard InChI is InChI=1S/C19H13FN2O3S2/c20-7-1-3-8(4-2-7)22-17(23)13-9-5-11(14(13)18(22)24)15-10(9)6-12-16(27-15)21-19(25)26-12/h1-4,6,9,11,13-15H,5H2,(H,21,25)/t9-,11+,13-,14-,15+/m0/s1. The van der Waals surface area contributed by atoms with E-state index in [0.29, 0.717) is 5.69 Å². The molecule has 3 heterocycles. The van der Waals surface area contributed by atoms with Crippen LogP contribution in [-0.2, 0) is 9.59 Å². The van der Waals surface area contributed by atoms with Crippen LogP contribution in [0.1, 0.15) is 11.3 Å². The number of hydrogen-bond donors (Lipinski definition) is 1. The van der Waals surface area contributed by atoms with Gasteiger partial charge in [-0.3, -0.25) is 19.3 Å². The number of halogens is 1. The third-order valence-electron chi connectivity index (χ3n) is 6.23. The average Bonchev–Trinajstić information content (AvgIpc) is 3.35. The second-order valence-corrected chi connectivity index (χ2v) is 9.60. The van der Waals surface area contributed by atoms with E-state index >= 15 is 0 Å². The van der Waals surface area contributed by atoms with Crippen LogP contribution in [0.3, 0.4) is 0 Å². The number of H-pyrrole nitrogens is 1. The molecule has 1 aromatic heterocycles. The molecule has 0 radical (unpaired) electrons. The number of imide groups is 1. The Morgan fingerprint density at radius 1 is 1.07 bits per heavy atom. The van der Waals surface area contributed by atoms with Gasteiger partial charge < -0.3 is 4.98 Å². The van der Waals surface area contributed by atoms with Crippen LogP contribution in [-0.4, -0.2) is 22.0 Å². The monoisotopic (exact) mass is 400 g/mol. The molecule has 0 unspecified atom stereocenters. The Hall–Kier alpha value is -2.19. The summed E-state index contributed by atoms with van der Waals surface area (Å²) in [7, 11) is 0. The van der Waals surface area contributed by atoms with Gasteiger partial charge in [-0.05, 0) is 48.6 Å². The summed E-state index contributed by atoms with van der Waals surface area (Å²) in [5.41, 5.74) is 1.63. The first-order valence-corrected chi connectivity index (χ1v) is 10.5. The molecular formula is C19H13FN2O3S2. The van der Waals surface area contributed by atoms with Gasteiger partial charge in [0, 0.05) is 5.25 Å². The average molecular weight is 400 g/mol. The number of anilines is 1. The zero-order chi connectivity index (χ0) is 18.4. The summed E-state index contributed by atoms with van der Waals surface area (Å²) in [6.07, 6.45) is 2.89. The Balaban J connectivity index is 1.41. The van der Waals surface area contributed by atoms with Crippen molar-refractivity contribution in [2.75, 3.05) is 4.90 Å². The first kappa shape index (κ1) is 15.8. The maximum atomic E-state index is 13.2. The predicted octanol–water partition coefficient (Wildman–Crippen LogP) is 2.89. The highest BCUT2D eigenvalue weighted by Gasteiger charge is 2.66. The molecule has 1 saturated heterocycles. The second kappa shape index (κ2) is 5.20. The summed E-state index contributed by atoms with van der Waals surface area (Å²) in [6, 6.07) is 5.51. The van der Waals surface area contributed by atoms with Crippen LogP contribution in [0.4, 0.5) is 10.1 Å². The normalized spacial score (nSPS) is 33.1. The summed E-state index contributed by atoms with van der Waals surface area (Å²) in [4.78, 5) is 42.9. The van der Waals surface area contributed by atoms with Crippen molar-refractivity contribution in [3.63, 3.8) is 0 Å². The molecule has 4 aliphatic rings. The number of thioether (sulfide) groups is 1. The van der Waals surface area contributed by atoms with Crippen molar-refractivity contribution in [3.05, 3.63) is 50.2 Å². The zero-order valence-corrected chi connectivity index (χ0v) is 15.5. The number of aromatic nitrogens is 1. The van der Waals surface area contributed by atoms with Gasteiger partial charge in [0.1, 0.15) is 5.82 Å². The molecule has 0 spiro atoms. The molecule has 136 valence electrons. The van der Waals surface area contributed by atoms with E-state index in [0.717, 1.165) is 16.3 Å². The third kappa shape index (κ3) is 1.97. The number of nitrogens with zero attached hydrogens (tertiary/aromatic N) is 1. The summed E-state index contributed by atoms with van der Waals surface area (Å²) < 4.78 is 13.2. The van der Waals surface area contributed by atoms with Crippen molar-refractivity contribution < 1.29 is 14.0 Å². The zero-order valence-electron chi connectivity index (χ0n) is 13.8. The summed E-state index contributed by atoms with van der Waals surface area (Å²) in [5, 5.41) is 1.01. The Morgan fingerprint density at radius 3 is 2.59 bits per heavy atom. The van der Waals surface area contributed by atoms with Crippen LogP contribution in [0.2, 0.25) is 0 Å². The van der Waals surface area contributed by atoms with Crippen molar-refractivity contribution in [2.24, 2.45) is 23.7 Å². The summed E-state index contributed by atoms with van der Waals surface area (Å²) in [6.45, 7) is 0. The molecule has 1 N–H and O–H groups in total. The van der Waals surface area contributed by atoms with Crippen molar-refractivity contribution >= 4 is 46.7 Å². The van der Waals surface area contributed by atoms with Gasteiger partial charge in [-0.1, -0.05) is 28.7 Å². The number of nitrogens with one attached hydrogen (secondary N) is 1. The molecule has 2 saturated carbocycles. The Morgan fingerprint density at radius 2 is 1.81 bits per heavy atom. The van der Waals surface area contributed by atoms with E-state index in [4.69, 9.17) is 0 Å². The minimum absolute atomic E-state index is 0.0461. The topological polar surface area (TPSA) is 70.2 Å². The molecule has 1 aromatic carbocycles. The lowest BCUT2D eigenvalue weighted by Gasteiger charge is -2.32. The molecule has 2 aromatic rings. The van der Waals surface area contributed by atoms with E-state index in [1.54, 1.807) is 11.8 Å². The van der Waals surface area contributed by atoms with Crippen molar-refractivity contribution in [3.8, 4) is 0 Å². The first-order chi connectivity index (χ1) is 13.0. The van der Waals surface area contributed by atoms with Crippen LogP contribution < -0.4 is 9.77 Å². The fourth-order valence-corrected chi connectivity index (χ4v) is 7.70. The lowest BCUT2D eigenvalue weighted by atomic mass is 9.77. The largest absolute Gasteiger partial charge is 0.307 e. The van der Waals surface area contributed by atoms with Gasteiger partial charge in [-0.2, -0.15) is 0 Å². The number of thiazole rings is 1. The fourth-order valence-electron chi connectivity index (χ4n) is 5.26. The molecule has 2 aliphatic heterocycles. The molecule has 2 bridgehead atoms.